The first-order valence-electron chi connectivity index (χ1n) is 11.5. The predicted octanol–water partition coefficient (Wildman–Crippen LogP) is 1.15. The van der Waals surface area contributed by atoms with Gasteiger partial charge in [0.1, 0.15) is 12.2 Å². The summed E-state index contributed by atoms with van der Waals surface area (Å²) >= 11 is 0. The first-order chi connectivity index (χ1) is 13.5. The summed E-state index contributed by atoms with van der Waals surface area (Å²) in [6.07, 6.45) is 8.38. The molecule has 0 amide bonds. The van der Waals surface area contributed by atoms with Crippen molar-refractivity contribution >= 4 is 0 Å². The highest BCUT2D eigenvalue weighted by Crippen LogP contribution is 2.60. The maximum atomic E-state index is 10.0. The van der Waals surface area contributed by atoms with Crippen LogP contribution in [0.1, 0.15) is 57.8 Å². The van der Waals surface area contributed by atoms with Gasteiger partial charge < -0.3 is 25.2 Å². The van der Waals surface area contributed by atoms with E-state index in [9.17, 15) is 20.4 Å². The molecule has 4 aliphatic carbocycles. The molecule has 6 heteroatoms. The molecule has 5 fully saturated rings. The van der Waals surface area contributed by atoms with Crippen LogP contribution in [0.5, 0.6) is 0 Å². The summed E-state index contributed by atoms with van der Waals surface area (Å²) in [5.41, 5.74) is 0.490. The Balaban J connectivity index is 1.11. The molecule has 1 saturated heterocycles. The average molecular weight is 398 g/mol. The molecule has 4 bridgehead atoms. The van der Waals surface area contributed by atoms with Gasteiger partial charge in [0.05, 0.1) is 25.4 Å². The first-order valence-corrected chi connectivity index (χ1v) is 11.5. The van der Waals surface area contributed by atoms with E-state index in [2.05, 4.69) is 0 Å². The highest BCUT2D eigenvalue weighted by atomic mass is 16.5. The summed E-state index contributed by atoms with van der Waals surface area (Å²) in [6.45, 7) is 2.56. The number of ether oxygens (including phenoxy) is 1. The Morgan fingerprint density at radius 2 is 1.50 bits per heavy atom. The van der Waals surface area contributed by atoms with Gasteiger partial charge in [-0.05, 0) is 87.5 Å². The molecule has 0 spiro atoms. The van der Waals surface area contributed by atoms with E-state index in [-0.39, 0.29) is 6.61 Å². The van der Waals surface area contributed by atoms with E-state index in [1.54, 1.807) is 0 Å². The number of hydrogen-bond acceptors (Lipinski definition) is 6. The van der Waals surface area contributed by atoms with Gasteiger partial charge in [-0.1, -0.05) is 0 Å². The van der Waals surface area contributed by atoms with Gasteiger partial charge in [0.15, 0.2) is 0 Å². The number of hydrogen-bond donors (Lipinski definition) is 4. The second kappa shape index (κ2) is 8.86. The van der Waals surface area contributed by atoms with Crippen molar-refractivity contribution < 1.29 is 25.2 Å². The Labute approximate surface area is 168 Å². The van der Waals surface area contributed by atoms with Gasteiger partial charge in [0, 0.05) is 13.2 Å². The summed E-state index contributed by atoms with van der Waals surface area (Å²) in [5.74, 6) is 2.93. The zero-order valence-corrected chi connectivity index (χ0v) is 17.1. The Morgan fingerprint density at radius 3 is 2.11 bits per heavy atom. The number of aliphatic hydroxyl groups excluding tert-OH is 4. The van der Waals surface area contributed by atoms with Crippen molar-refractivity contribution in [3.63, 3.8) is 0 Å². The molecule has 162 valence electrons. The molecular formula is C22H39NO5. The molecule has 28 heavy (non-hydrogen) atoms. The van der Waals surface area contributed by atoms with Crippen LogP contribution in [0.15, 0.2) is 0 Å². The fraction of sp³-hybridized carbons (Fsp3) is 1.00. The zero-order chi connectivity index (χ0) is 19.7. The molecule has 0 aromatic carbocycles. The molecule has 4 saturated carbocycles. The minimum Gasteiger partial charge on any atom is -0.395 e. The molecule has 1 aliphatic heterocycles. The second-order valence-corrected chi connectivity index (χ2v) is 10.3. The van der Waals surface area contributed by atoms with Crippen molar-refractivity contribution in [3.05, 3.63) is 0 Å². The lowest BCUT2D eigenvalue weighted by atomic mass is 9.50. The molecule has 0 aromatic heterocycles. The zero-order valence-electron chi connectivity index (χ0n) is 17.1. The Morgan fingerprint density at radius 1 is 0.857 bits per heavy atom. The highest BCUT2D eigenvalue weighted by Gasteiger charge is 2.50. The molecule has 1 heterocycles. The molecular weight excluding hydrogens is 358 g/mol. The van der Waals surface area contributed by atoms with E-state index in [0.29, 0.717) is 18.5 Å². The minimum absolute atomic E-state index is 0.209. The lowest BCUT2D eigenvalue weighted by Crippen LogP contribution is -2.62. The van der Waals surface area contributed by atoms with Crippen molar-refractivity contribution in [1.82, 2.24) is 4.90 Å². The average Bonchev–Trinajstić information content (AvgIpc) is 2.64. The van der Waals surface area contributed by atoms with E-state index < -0.39 is 24.4 Å². The summed E-state index contributed by atoms with van der Waals surface area (Å²) in [5, 5.41) is 39.2. The predicted molar refractivity (Wildman–Crippen MR) is 106 cm³/mol. The Hall–Kier alpha value is -0.240. The quantitative estimate of drug-likeness (QED) is 0.436. The SMILES string of the molecule is OC[C@H]1[C@@H](O)[C@@H](O)[C@H](O)CN1CCCCCOCC12CC3CC(CC(C3)C1)C2. The third kappa shape index (κ3) is 4.42. The normalized spacial score (nSPS) is 45.6. The van der Waals surface area contributed by atoms with Crippen LogP contribution in [0, 0.1) is 23.2 Å². The minimum atomic E-state index is -1.17. The summed E-state index contributed by atoms with van der Waals surface area (Å²) in [4.78, 5) is 1.90. The Bertz CT molecular complexity index is 480. The van der Waals surface area contributed by atoms with Crippen LogP contribution in [0.2, 0.25) is 0 Å². The second-order valence-electron chi connectivity index (χ2n) is 10.3. The van der Waals surface area contributed by atoms with E-state index in [4.69, 9.17) is 4.74 Å². The van der Waals surface area contributed by atoms with Crippen molar-refractivity contribution in [2.75, 3.05) is 32.9 Å². The van der Waals surface area contributed by atoms with Crippen molar-refractivity contribution in [2.24, 2.45) is 23.2 Å². The van der Waals surface area contributed by atoms with E-state index in [1.165, 1.54) is 38.5 Å². The van der Waals surface area contributed by atoms with Crippen LogP contribution in [-0.4, -0.2) is 82.6 Å². The number of piperidine rings is 1. The van der Waals surface area contributed by atoms with Crippen molar-refractivity contribution in [3.8, 4) is 0 Å². The van der Waals surface area contributed by atoms with Crippen LogP contribution in [-0.2, 0) is 4.74 Å². The monoisotopic (exact) mass is 397 g/mol. The smallest absolute Gasteiger partial charge is 0.109 e. The molecule has 0 aromatic rings. The standard InChI is InChI=1S/C22H39NO5/c24-13-18-20(26)21(27)19(25)12-23(18)4-2-1-3-5-28-14-22-9-15-6-16(10-22)8-17(7-15)11-22/h15-21,24-27H,1-14H2/t15?,16?,17?,18-,19+,20+,21-,22?/m0/s1. The number of nitrogens with zero attached hydrogens (tertiary/aromatic N) is 1. The maximum Gasteiger partial charge on any atom is 0.109 e. The lowest BCUT2D eigenvalue weighted by molar-refractivity contribution is -0.145. The number of β-amino-alcohol motifs (C(OH)–C–C–N with tert-alkyl or cyclic N) is 1. The molecule has 5 rings (SSSR count). The Kier molecular flexibility index (Phi) is 6.65. The van der Waals surface area contributed by atoms with Gasteiger partial charge in [-0.3, -0.25) is 4.90 Å². The van der Waals surface area contributed by atoms with Crippen molar-refractivity contribution in [2.45, 2.75) is 82.1 Å². The maximum absolute atomic E-state index is 10.0. The summed E-state index contributed by atoms with van der Waals surface area (Å²) in [6, 6.07) is -0.495. The largest absolute Gasteiger partial charge is 0.395 e. The van der Waals surface area contributed by atoms with Crippen molar-refractivity contribution in [1.29, 1.82) is 0 Å². The highest BCUT2D eigenvalue weighted by molar-refractivity contribution is 5.01. The van der Waals surface area contributed by atoms with Crippen LogP contribution >= 0.6 is 0 Å². The third-order valence-electron chi connectivity index (χ3n) is 8.02. The van der Waals surface area contributed by atoms with Gasteiger partial charge in [0.2, 0.25) is 0 Å². The lowest BCUT2D eigenvalue weighted by Gasteiger charge is -2.56. The summed E-state index contributed by atoms with van der Waals surface area (Å²) < 4.78 is 6.13. The van der Waals surface area contributed by atoms with Crippen LogP contribution in [0.25, 0.3) is 0 Å². The number of aliphatic hydroxyl groups is 4. The molecule has 0 radical (unpaired) electrons. The van der Waals surface area contributed by atoms with Crippen LogP contribution < -0.4 is 0 Å². The van der Waals surface area contributed by atoms with Gasteiger partial charge in [-0.15, -0.1) is 0 Å². The molecule has 6 nitrogen and oxygen atoms in total. The third-order valence-corrected chi connectivity index (χ3v) is 8.02. The van der Waals surface area contributed by atoms with E-state index in [0.717, 1.165) is 50.2 Å². The molecule has 5 aliphatic rings. The number of rotatable bonds is 9. The van der Waals surface area contributed by atoms with Gasteiger partial charge in [0.25, 0.3) is 0 Å². The fourth-order valence-corrected chi connectivity index (χ4v) is 7.09. The van der Waals surface area contributed by atoms with E-state index >= 15 is 0 Å². The topological polar surface area (TPSA) is 93.4 Å². The summed E-state index contributed by atoms with van der Waals surface area (Å²) in [7, 11) is 0. The molecule has 0 unspecified atom stereocenters. The van der Waals surface area contributed by atoms with E-state index in [1.807, 2.05) is 4.90 Å². The number of likely N-dealkylation sites (tertiary alicyclic amines) is 1. The van der Waals surface area contributed by atoms with Crippen LogP contribution in [0.3, 0.4) is 0 Å². The van der Waals surface area contributed by atoms with Gasteiger partial charge in [-0.25, -0.2) is 0 Å². The van der Waals surface area contributed by atoms with Crippen LogP contribution in [0.4, 0.5) is 0 Å². The fourth-order valence-electron chi connectivity index (χ4n) is 7.09. The molecule has 4 atom stereocenters. The molecule has 4 N–H and O–H groups in total. The first kappa shape index (κ1) is 21.0. The number of unbranched alkanes of at least 4 members (excludes halogenated alkanes) is 2. The van der Waals surface area contributed by atoms with Gasteiger partial charge >= 0.3 is 0 Å². The van der Waals surface area contributed by atoms with Gasteiger partial charge in [-0.2, -0.15) is 0 Å².